The largest absolute Gasteiger partial charge is 0.377 e. The summed E-state index contributed by atoms with van der Waals surface area (Å²) in [5.74, 6) is 0. The van der Waals surface area contributed by atoms with Gasteiger partial charge in [-0.1, -0.05) is 12.1 Å². The maximum Gasteiger partial charge on any atom is 0.106 e. The van der Waals surface area contributed by atoms with Gasteiger partial charge in [0.2, 0.25) is 0 Å². The van der Waals surface area contributed by atoms with E-state index in [1.807, 2.05) is 30.3 Å². The highest BCUT2D eigenvalue weighted by molar-refractivity contribution is 9.10. The average molecular weight is 302 g/mol. The SMILES string of the molecule is CC(Nc1ccc(Br)nc1)c1cccc(C#N)c1. The van der Waals surface area contributed by atoms with Crippen LogP contribution < -0.4 is 5.32 Å². The molecule has 1 atom stereocenters. The first kappa shape index (κ1) is 12.6. The third kappa shape index (κ3) is 3.08. The number of rotatable bonds is 3. The molecule has 4 heteroatoms. The Morgan fingerprint density at radius 2 is 2.17 bits per heavy atom. The van der Waals surface area contributed by atoms with Crippen molar-refractivity contribution in [3.8, 4) is 6.07 Å². The first-order valence-electron chi connectivity index (χ1n) is 5.57. The van der Waals surface area contributed by atoms with E-state index in [9.17, 15) is 0 Å². The number of nitriles is 1. The number of anilines is 1. The van der Waals surface area contributed by atoms with Crippen molar-refractivity contribution in [3.63, 3.8) is 0 Å². The van der Waals surface area contributed by atoms with Gasteiger partial charge >= 0.3 is 0 Å². The molecule has 1 unspecified atom stereocenters. The molecular formula is C14H12BrN3. The van der Waals surface area contributed by atoms with Crippen LogP contribution >= 0.6 is 15.9 Å². The van der Waals surface area contributed by atoms with Gasteiger partial charge in [0, 0.05) is 6.04 Å². The molecule has 0 aliphatic carbocycles. The summed E-state index contributed by atoms with van der Waals surface area (Å²) >= 11 is 3.30. The van der Waals surface area contributed by atoms with Crippen LogP contribution in [0.3, 0.4) is 0 Å². The standard InChI is InChI=1S/C14H12BrN3/c1-10(12-4-2-3-11(7-12)8-16)18-13-5-6-14(15)17-9-13/h2-7,9-10,18H,1H3. The van der Waals surface area contributed by atoms with Crippen LogP contribution in [0.25, 0.3) is 0 Å². The zero-order chi connectivity index (χ0) is 13.0. The van der Waals surface area contributed by atoms with Crippen molar-refractivity contribution in [2.75, 3.05) is 5.32 Å². The first-order chi connectivity index (χ1) is 8.69. The van der Waals surface area contributed by atoms with Crippen molar-refractivity contribution in [2.24, 2.45) is 0 Å². The van der Waals surface area contributed by atoms with Crippen molar-refractivity contribution < 1.29 is 0 Å². The smallest absolute Gasteiger partial charge is 0.106 e. The fourth-order valence-corrected chi connectivity index (χ4v) is 1.91. The Kier molecular flexibility index (Phi) is 3.96. The van der Waals surface area contributed by atoms with E-state index in [4.69, 9.17) is 5.26 Å². The summed E-state index contributed by atoms with van der Waals surface area (Å²) < 4.78 is 0.812. The predicted molar refractivity (Wildman–Crippen MR) is 75.1 cm³/mol. The quantitative estimate of drug-likeness (QED) is 0.875. The second kappa shape index (κ2) is 5.65. The number of aromatic nitrogens is 1. The van der Waals surface area contributed by atoms with Crippen LogP contribution in [0.5, 0.6) is 0 Å². The highest BCUT2D eigenvalue weighted by Gasteiger charge is 2.06. The van der Waals surface area contributed by atoms with Gasteiger partial charge in [-0.3, -0.25) is 0 Å². The number of nitrogens with one attached hydrogen (secondary N) is 1. The van der Waals surface area contributed by atoms with E-state index in [1.54, 1.807) is 12.3 Å². The first-order valence-corrected chi connectivity index (χ1v) is 6.36. The number of pyridine rings is 1. The van der Waals surface area contributed by atoms with Crippen molar-refractivity contribution in [3.05, 3.63) is 58.3 Å². The Bertz CT molecular complexity index is 572. The normalized spacial score (nSPS) is 11.6. The van der Waals surface area contributed by atoms with Gasteiger partial charge in [-0.2, -0.15) is 5.26 Å². The van der Waals surface area contributed by atoms with E-state index in [2.05, 4.69) is 39.2 Å². The van der Waals surface area contributed by atoms with Gasteiger partial charge in [-0.25, -0.2) is 4.98 Å². The van der Waals surface area contributed by atoms with E-state index in [0.717, 1.165) is 15.9 Å². The second-order valence-corrected chi connectivity index (χ2v) is 4.79. The number of hydrogen-bond donors (Lipinski definition) is 1. The molecule has 0 saturated carbocycles. The van der Waals surface area contributed by atoms with E-state index in [1.165, 1.54) is 0 Å². The molecule has 0 saturated heterocycles. The van der Waals surface area contributed by atoms with Gasteiger partial charge in [-0.05, 0) is 52.7 Å². The van der Waals surface area contributed by atoms with Crippen molar-refractivity contribution in [2.45, 2.75) is 13.0 Å². The van der Waals surface area contributed by atoms with Crippen LogP contribution in [-0.4, -0.2) is 4.98 Å². The molecule has 3 nitrogen and oxygen atoms in total. The molecule has 0 bridgehead atoms. The third-order valence-corrected chi connectivity index (χ3v) is 3.10. The zero-order valence-corrected chi connectivity index (χ0v) is 11.5. The summed E-state index contributed by atoms with van der Waals surface area (Å²) in [6, 6.07) is 13.7. The minimum atomic E-state index is 0.126. The van der Waals surface area contributed by atoms with Crippen LogP contribution in [-0.2, 0) is 0 Å². The van der Waals surface area contributed by atoms with Crippen LogP contribution in [0.2, 0.25) is 0 Å². The minimum Gasteiger partial charge on any atom is -0.377 e. The molecule has 0 amide bonds. The molecule has 18 heavy (non-hydrogen) atoms. The summed E-state index contributed by atoms with van der Waals surface area (Å²) in [6.07, 6.45) is 1.77. The van der Waals surface area contributed by atoms with Gasteiger partial charge in [-0.15, -0.1) is 0 Å². The van der Waals surface area contributed by atoms with E-state index >= 15 is 0 Å². The summed E-state index contributed by atoms with van der Waals surface area (Å²) in [6.45, 7) is 2.05. The van der Waals surface area contributed by atoms with Crippen LogP contribution in [0.15, 0.2) is 47.2 Å². The summed E-state index contributed by atoms with van der Waals surface area (Å²) in [4.78, 5) is 4.16. The average Bonchev–Trinajstić information content (AvgIpc) is 2.41. The molecule has 1 N–H and O–H groups in total. The molecule has 1 aromatic carbocycles. The van der Waals surface area contributed by atoms with E-state index in [-0.39, 0.29) is 6.04 Å². The summed E-state index contributed by atoms with van der Waals surface area (Å²) in [5.41, 5.74) is 2.71. The fraction of sp³-hybridized carbons (Fsp3) is 0.143. The molecule has 90 valence electrons. The lowest BCUT2D eigenvalue weighted by Gasteiger charge is -2.15. The van der Waals surface area contributed by atoms with Gasteiger partial charge in [0.1, 0.15) is 4.60 Å². The van der Waals surface area contributed by atoms with E-state index < -0.39 is 0 Å². The van der Waals surface area contributed by atoms with Gasteiger partial charge in [0.05, 0.1) is 23.5 Å². The Morgan fingerprint density at radius 3 is 2.83 bits per heavy atom. The maximum absolute atomic E-state index is 8.88. The molecule has 0 spiro atoms. The predicted octanol–water partition coefficient (Wildman–Crippen LogP) is 3.89. The number of halogens is 1. The van der Waals surface area contributed by atoms with Gasteiger partial charge in [0.15, 0.2) is 0 Å². The maximum atomic E-state index is 8.88. The zero-order valence-electron chi connectivity index (χ0n) is 9.89. The van der Waals surface area contributed by atoms with Crippen molar-refractivity contribution in [1.29, 1.82) is 5.26 Å². The Hall–Kier alpha value is -1.86. The van der Waals surface area contributed by atoms with Crippen molar-refractivity contribution in [1.82, 2.24) is 4.98 Å². The molecule has 2 aromatic rings. The number of hydrogen-bond acceptors (Lipinski definition) is 3. The molecule has 0 aliphatic rings. The van der Waals surface area contributed by atoms with Crippen LogP contribution in [0, 0.1) is 11.3 Å². The molecule has 2 rings (SSSR count). The monoisotopic (exact) mass is 301 g/mol. The van der Waals surface area contributed by atoms with Gasteiger partial charge in [0.25, 0.3) is 0 Å². The molecule has 1 heterocycles. The topological polar surface area (TPSA) is 48.7 Å². The highest BCUT2D eigenvalue weighted by atomic mass is 79.9. The molecule has 0 radical (unpaired) electrons. The van der Waals surface area contributed by atoms with Crippen LogP contribution in [0.1, 0.15) is 24.1 Å². The number of benzene rings is 1. The number of nitrogens with zero attached hydrogens (tertiary/aromatic N) is 2. The third-order valence-electron chi connectivity index (χ3n) is 2.63. The lowest BCUT2D eigenvalue weighted by atomic mass is 10.1. The fourth-order valence-electron chi connectivity index (χ4n) is 1.67. The highest BCUT2D eigenvalue weighted by Crippen LogP contribution is 2.20. The molecule has 0 fully saturated rings. The second-order valence-electron chi connectivity index (χ2n) is 3.97. The minimum absolute atomic E-state index is 0.126. The molecule has 0 aliphatic heterocycles. The van der Waals surface area contributed by atoms with Gasteiger partial charge < -0.3 is 5.32 Å². The Balaban J connectivity index is 2.14. The lowest BCUT2D eigenvalue weighted by Crippen LogP contribution is -2.06. The lowest BCUT2D eigenvalue weighted by molar-refractivity contribution is 0.882. The van der Waals surface area contributed by atoms with Crippen molar-refractivity contribution >= 4 is 21.6 Å². The Morgan fingerprint density at radius 1 is 1.33 bits per heavy atom. The van der Waals surface area contributed by atoms with E-state index in [0.29, 0.717) is 5.56 Å². The molecule has 1 aromatic heterocycles. The Labute approximate surface area is 115 Å². The molecular weight excluding hydrogens is 290 g/mol. The summed E-state index contributed by atoms with van der Waals surface area (Å²) in [5, 5.41) is 12.2. The summed E-state index contributed by atoms with van der Waals surface area (Å²) in [7, 11) is 0. The van der Waals surface area contributed by atoms with Crippen LogP contribution in [0.4, 0.5) is 5.69 Å².